The first-order valence-electron chi connectivity index (χ1n) is 6.83. The summed E-state index contributed by atoms with van der Waals surface area (Å²) in [5.41, 5.74) is 0.162. The van der Waals surface area contributed by atoms with Crippen LogP contribution in [0.2, 0.25) is 0 Å². The van der Waals surface area contributed by atoms with Gasteiger partial charge in [-0.25, -0.2) is 0 Å². The second-order valence-corrected chi connectivity index (χ2v) is 7.15. The molecule has 0 radical (unpaired) electrons. The van der Waals surface area contributed by atoms with Gasteiger partial charge in [-0.3, -0.25) is 4.79 Å². The Balaban J connectivity index is 1.40. The van der Waals surface area contributed by atoms with Crippen molar-refractivity contribution >= 4 is 5.78 Å². The van der Waals surface area contributed by atoms with Crippen molar-refractivity contribution < 1.29 is 14.3 Å². The van der Waals surface area contributed by atoms with Crippen LogP contribution in [0.1, 0.15) is 26.7 Å². The molecule has 5 unspecified atom stereocenters. The second-order valence-electron chi connectivity index (χ2n) is 7.15. The maximum atomic E-state index is 11.4. The van der Waals surface area contributed by atoms with Gasteiger partial charge in [0.1, 0.15) is 5.78 Å². The van der Waals surface area contributed by atoms with Gasteiger partial charge in [0.2, 0.25) is 0 Å². The average molecular weight is 236 g/mol. The molecule has 0 N–H and O–H groups in total. The van der Waals surface area contributed by atoms with Crippen LogP contribution in [0.15, 0.2) is 0 Å². The fraction of sp³-hybridized carbons (Fsp3) is 0.929. The smallest absolute Gasteiger partial charge is 0.160 e. The summed E-state index contributed by atoms with van der Waals surface area (Å²) in [6, 6.07) is 0. The van der Waals surface area contributed by atoms with Crippen molar-refractivity contribution in [3.63, 3.8) is 0 Å². The molecular weight excluding hydrogens is 216 g/mol. The number of ketones is 1. The fourth-order valence-corrected chi connectivity index (χ4v) is 4.26. The van der Waals surface area contributed by atoms with Gasteiger partial charge >= 0.3 is 0 Å². The van der Waals surface area contributed by atoms with Gasteiger partial charge in [0.25, 0.3) is 0 Å². The molecule has 1 aliphatic heterocycles. The van der Waals surface area contributed by atoms with Crippen LogP contribution in [-0.4, -0.2) is 25.3 Å². The number of Topliss-reactive ketones (excluding diaryl/α,β-unsaturated/α-hetero) is 1. The molecule has 94 valence electrons. The number of rotatable bonds is 1. The molecule has 1 heterocycles. The maximum Gasteiger partial charge on any atom is 0.160 e. The Morgan fingerprint density at radius 3 is 2.41 bits per heavy atom. The Bertz CT molecular complexity index is 366. The summed E-state index contributed by atoms with van der Waals surface area (Å²) in [6.07, 6.45) is 1.97. The van der Waals surface area contributed by atoms with Crippen LogP contribution in [0.3, 0.4) is 0 Å². The summed E-state index contributed by atoms with van der Waals surface area (Å²) in [6.45, 7) is 5.97. The first kappa shape index (κ1) is 10.5. The van der Waals surface area contributed by atoms with E-state index in [9.17, 15) is 4.79 Å². The molecule has 0 aromatic rings. The number of hydrogen-bond donors (Lipinski definition) is 0. The lowest BCUT2D eigenvalue weighted by Gasteiger charge is -2.38. The van der Waals surface area contributed by atoms with E-state index in [-0.39, 0.29) is 11.7 Å². The van der Waals surface area contributed by atoms with Gasteiger partial charge in [-0.1, -0.05) is 13.8 Å². The third-order valence-electron chi connectivity index (χ3n) is 5.27. The van der Waals surface area contributed by atoms with E-state index in [2.05, 4.69) is 13.8 Å². The fourth-order valence-electron chi connectivity index (χ4n) is 4.26. The highest BCUT2D eigenvalue weighted by atomic mass is 16.7. The van der Waals surface area contributed by atoms with E-state index in [4.69, 9.17) is 9.47 Å². The minimum Gasteiger partial charge on any atom is -0.352 e. The number of carbonyl (C=O) groups excluding carboxylic acids is 1. The van der Waals surface area contributed by atoms with E-state index < -0.39 is 0 Å². The van der Waals surface area contributed by atoms with Crippen molar-refractivity contribution in [1.82, 2.24) is 0 Å². The summed E-state index contributed by atoms with van der Waals surface area (Å²) >= 11 is 0. The molecule has 0 aromatic heterocycles. The molecule has 0 spiro atoms. The van der Waals surface area contributed by atoms with Crippen molar-refractivity contribution in [2.24, 2.45) is 35.0 Å². The van der Waals surface area contributed by atoms with E-state index >= 15 is 0 Å². The van der Waals surface area contributed by atoms with Crippen molar-refractivity contribution in [2.75, 3.05) is 13.2 Å². The van der Waals surface area contributed by atoms with Crippen LogP contribution in [0.4, 0.5) is 0 Å². The number of fused-ring (bicyclic) bond motifs is 3. The quantitative estimate of drug-likeness (QED) is 0.697. The Labute approximate surface area is 102 Å². The lowest BCUT2D eigenvalue weighted by atomic mass is 9.71. The highest BCUT2D eigenvalue weighted by Gasteiger charge is 2.69. The normalized spacial score (nSPS) is 51.6. The van der Waals surface area contributed by atoms with Gasteiger partial charge in [0, 0.05) is 23.7 Å². The molecule has 1 saturated heterocycles. The SMILES string of the molecule is CC1(C)COC(C2C3CC4C(=O)CC4C32)OC1. The van der Waals surface area contributed by atoms with Crippen molar-refractivity contribution in [2.45, 2.75) is 33.0 Å². The van der Waals surface area contributed by atoms with Gasteiger partial charge in [-0.15, -0.1) is 0 Å². The Kier molecular flexibility index (Phi) is 1.93. The van der Waals surface area contributed by atoms with Crippen LogP contribution in [-0.2, 0) is 14.3 Å². The number of carbonyl (C=O) groups is 1. The van der Waals surface area contributed by atoms with Gasteiger partial charge < -0.3 is 9.47 Å². The minimum absolute atomic E-state index is 0.0228. The molecule has 17 heavy (non-hydrogen) atoms. The van der Waals surface area contributed by atoms with Crippen molar-refractivity contribution in [3.05, 3.63) is 0 Å². The topological polar surface area (TPSA) is 35.5 Å². The summed E-state index contributed by atoms with van der Waals surface area (Å²) in [5, 5.41) is 0. The summed E-state index contributed by atoms with van der Waals surface area (Å²) in [7, 11) is 0. The predicted octanol–water partition coefficient (Wildman–Crippen LogP) is 1.86. The lowest BCUT2D eigenvalue weighted by molar-refractivity contribution is -0.235. The van der Waals surface area contributed by atoms with Gasteiger partial charge in [0.15, 0.2) is 6.29 Å². The highest BCUT2D eigenvalue weighted by molar-refractivity contribution is 5.88. The van der Waals surface area contributed by atoms with Gasteiger partial charge in [-0.2, -0.15) is 0 Å². The molecule has 3 saturated carbocycles. The highest BCUT2D eigenvalue weighted by Crippen LogP contribution is 2.69. The van der Waals surface area contributed by atoms with Crippen molar-refractivity contribution in [1.29, 1.82) is 0 Å². The Hall–Kier alpha value is -0.410. The molecule has 3 nitrogen and oxygen atoms in total. The summed E-state index contributed by atoms with van der Waals surface area (Å²) < 4.78 is 11.8. The van der Waals surface area contributed by atoms with Crippen LogP contribution in [0, 0.1) is 35.0 Å². The van der Waals surface area contributed by atoms with Crippen LogP contribution >= 0.6 is 0 Å². The molecule has 0 amide bonds. The molecule has 4 aliphatic rings. The van der Waals surface area contributed by atoms with Crippen molar-refractivity contribution in [3.8, 4) is 0 Å². The molecule has 3 aliphatic carbocycles. The van der Waals surface area contributed by atoms with Crippen LogP contribution in [0.25, 0.3) is 0 Å². The van der Waals surface area contributed by atoms with E-state index in [1.807, 2.05) is 0 Å². The third kappa shape index (κ3) is 1.39. The van der Waals surface area contributed by atoms with Crippen LogP contribution < -0.4 is 0 Å². The molecular formula is C14H20O3. The molecule has 5 atom stereocenters. The molecule has 0 aromatic carbocycles. The number of hydrogen-bond acceptors (Lipinski definition) is 3. The maximum absolute atomic E-state index is 11.4. The zero-order chi connectivity index (χ0) is 11.8. The van der Waals surface area contributed by atoms with E-state index in [0.29, 0.717) is 23.5 Å². The molecule has 3 heteroatoms. The number of ether oxygens (including phenoxy) is 2. The van der Waals surface area contributed by atoms with Crippen LogP contribution in [0.5, 0.6) is 0 Å². The second kappa shape index (κ2) is 3.12. The van der Waals surface area contributed by atoms with Gasteiger partial charge in [-0.05, 0) is 24.2 Å². The third-order valence-corrected chi connectivity index (χ3v) is 5.27. The molecule has 4 fully saturated rings. The Morgan fingerprint density at radius 2 is 1.82 bits per heavy atom. The predicted molar refractivity (Wildman–Crippen MR) is 61.2 cm³/mol. The van der Waals surface area contributed by atoms with E-state index in [1.165, 1.54) is 0 Å². The lowest BCUT2D eigenvalue weighted by Crippen LogP contribution is -2.42. The standard InChI is InChI=1S/C14H20O3/c1-14(2)5-16-13(17-6-14)12-9-3-7-8(11(9)12)4-10(7)15/h7-9,11-13H,3-6H2,1-2H3. The average Bonchev–Trinajstić information content (AvgIpc) is 2.87. The monoisotopic (exact) mass is 236 g/mol. The minimum atomic E-state index is 0.0228. The zero-order valence-corrected chi connectivity index (χ0v) is 10.5. The van der Waals surface area contributed by atoms with Gasteiger partial charge in [0.05, 0.1) is 13.2 Å². The van der Waals surface area contributed by atoms with E-state index in [0.717, 1.165) is 37.9 Å². The summed E-state index contributed by atoms with van der Waals surface area (Å²) in [4.78, 5) is 11.4. The molecule has 0 bridgehead atoms. The summed E-state index contributed by atoms with van der Waals surface area (Å²) in [5.74, 6) is 3.67. The first-order chi connectivity index (χ1) is 8.07. The largest absolute Gasteiger partial charge is 0.352 e. The first-order valence-corrected chi connectivity index (χ1v) is 6.83. The zero-order valence-electron chi connectivity index (χ0n) is 10.5. The molecule has 4 rings (SSSR count). The Morgan fingerprint density at radius 1 is 1.12 bits per heavy atom. The van der Waals surface area contributed by atoms with E-state index in [1.54, 1.807) is 0 Å².